The number of nitrogens with zero attached hydrogens (tertiary/aromatic N) is 1. The van der Waals surface area contributed by atoms with Crippen LogP contribution in [0.25, 0.3) is 0 Å². The predicted molar refractivity (Wildman–Crippen MR) is 113 cm³/mol. The van der Waals surface area contributed by atoms with Crippen molar-refractivity contribution in [3.05, 3.63) is 53.6 Å². The lowest BCUT2D eigenvalue weighted by atomic mass is 9.66. The number of carbonyl (C=O) groups is 1. The van der Waals surface area contributed by atoms with E-state index in [0.29, 0.717) is 30.0 Å². The molecule has 6 heteroatoms. The summed E-state index contributed by atoms with van der Waals surface area (Å²) in [4.78, 5) is 15.5. The first-order chi connectivity index (χ1) is 14.5. The van der Waals surface area contributed by atoms with Crippen molar-refractivity contribution >= 4 is 5.91 Å². The van der Waals surface area contributed by atoms with E-state index in [4.69, 9.17) is 9.47 Å². The number of amides is 1. The number of methoxy groups -OCH3 is 2. The number of hydrogen-bond acceptors (Lipinski definition) is 5. The van der Waals surface area contributed by atoms with E-state index in [2.05, 4.69) is 0 Å². The molecule has 1 heterocycles. The van der Waals surface area contributed by atoms with E-state index in [-0.39, 0.29) is 23.6 Å². The number of rotatable bonds is 4. The molecule has 1 saturated heterocycles. The molecule has 2 aromatic rings. The highest BCUT2D eigenvalue weighted by molar-refractivity contribution is 5.97. The average Bonchev–Trinajstić information content (AvgIpc) is 2.78. The summed E-state index contributed by atoms with van der Waals surface area (Å²) in [6.07, 6.45) is 4.18. The van der Waals surface area contributed by atoms with Gasteiger partial charge in [-0.1, -0.05) is 31.0 Å². The number of aliphatic hydroxyl groups is 1. The van der Waals surface area contributed by atoms with E-state index in [1.54, 1.807) is 31.4 Å². The van der Waals surface area contributed by atoms with Gasteiger partial charge in [-0.3, -0.25) is 4.79 Å². The van der Waals surface area contributed by atoms with Gasteiger partial charge in [-0.2, -0.15) is 0 Å². The van der Waals surface area contributed by atoms with Gasteiger partial charge in [0.2, 0.25) is 0 Å². The second kappa shape index (κ2) is 8.19. The van der Waals surface area contributed by atoms with Gasteiger partial charge in [0.1, 0.15) is 5.75 Å². The molecule has 0 unspecified atom stereocenters. The Bertz CT molecular complexity index is 930. The van der Waals surface area contributed by atoms with Crippen LogP contribution in [0, 0.1) is 5.92 Å². The minimum absolute atomic E-state index is 0.0542. The van der Waals surface area contributed by atoms with Crippen LogP contribution in [0.5, 0.6) is 17.2 Å². The number of phenols is 1. The van der Waals surface area contributed by atoms with E-state index in [9.17, 15) is 15.0 Å². The quantitative estimate of drug-likeness (QED) is 0.797. The Labute approximate surface area is 177 Å². The Balaban J connectivity index is 1.79. The summed E-state index contributed by atoms with van der Waals surface area (Å²) in [5, 5.41) is 21.5. The molecule has 0 bridgehead atoms. The number of phenolic OH excluding ortho intramolecular Hbond substituents is 1. The van der Waals surface area contributed by atoms with Crippen molar-refractivity contribution in [2.24, 2.45) is 5.92 Å². The highest BCUT2D eigenvalue weighted by atomic mass is 16.5. The lowest BCUT2D eigenvalue weighted by Gasteiger charge is -2.52. The zero-order valence-electron chi connectivity index (χ0n) is 17.5. The van der Waals surface area contributed by atoms with Crippen LogP contribution in [0.4, 0.5) is 0 Å². The molecule has 1 aliphatic heterocycles. The molecule has 1 aliphatic carbocycles. The van der Waals surface area contributed by atoms with Crippen LogP contribution in [0.2, 0.25) is 0 Å². The van der Waals surface area contributed by atoms with Crippen LogP contribution in [0.3, 0.4) is 0 Å². The molecule has 30 heavy (non-hydrogen) atoms. The Morgan fingerprint density at radius 2 is 1.83 bits per heavy atom. The molecule has 1 amide bonds. The van der Waals surface area contributed by atoms with E-state index in [0.717, 1.165) is 31.2 Å². The summed E-state index contributed by atoms with van der Waals surface area (Å²) in [7, 11) is 3.07. The number of benzene rings is 2. The molecule has 0 radical (unpaired) electrons. The van der Waals surface area contributed by atoms with Crippen LogP contribution < -0.4 is 9.47 Å². The third kappa shape index (κ3) is 3.49. The van der Waals surface area contributed by atoms with E-state index in [1.165, 1.54) is 7.11 Å². The normalized spacial score (nSPS) is 26.0. The third-order valence-electron chi connectivity index (χ3n) is 6.71. The largest absolute Gasteiger partial charge is 0.504 e. The van der Waals surface area contributed by atoms with Gasteiger partial charge in [-0.15, -0.1) is 0 Å². The van der Waals surface area contributed by atoms with Crippen LogP contribution >= 0.6 is 0 Å². The van der Waals surface area contributed by atoms with Crippen molar-refractivity contribution in [3.8, 4) is 17.2 Å². The molecule has 2 aliphatic rings. The first-order valence-electron chi connectivity index (χ1n) is 10.5. The van der Waals surface area contributed by atoms with E-state index >= 15 is 0 Å². The summed E-state index contributed by atoms with van der Waals surface area (Å²) in [5.74, 6) is 0.764. The number of carbonyl (C=O) groups excluding carboxylic acids is 1. The minimum atomic E-state index is -0.786. The molecule has 6 nitrogen and oxygen atoms in total. The number of hydrogen-bond donors (Lipinski definition) is 2. The molecule has 2 N–H and O–H groups in total. The molecule has 2 fully saturated rings. The molecule has 2 aromatic carbocycles. The van der Waals surface area contributed by atoms with Crippen LogP contribution in [-0.2, 0) is 0 Å². The summed E-state index contributed by atoms with van der Waals surface area (Å²) >= 11 is 0. The number of para-hydroxylation sites is 1. The Hall–Kier alpha value is -2.73. The fourth-order valence-electron chi connectivity index (χ4n) is 5.18. The van der Waals surface area contributed by atoms with Gasteiger partial charge in [0.25, 0.3) is 5.91 Å². The number of aromatic hydroxyl groups is 1. The lowest BCUT2D eigenvalue weighted by molar-refractivity contribution is -0.115. The Kier molecular flexibility index (Phi) is 5.60. The maximum absolute atomic E-state index is 13.6. The van der Waals surface area contributed by atoms with Gasteiger partial charge in [0.15, 0.2) is 11.5 Å². The van der Waals surface area contributed by atoms with Crippen LogP contribution in [0.1, 0.15) is 54.1 Å². The maximum atomic E-state index is 13.6. The third-order valence-corrected chi connectivity index (χ3v) is 6.71. The first-order valence-corrected chi connectivity index (χ1v) is 10.5. The fourth-order valence-corrected chi connectivity index (χ4v) is 5.18. The van der Waals surface area contributed by atoms with Gasteiger partial charge < -0.3 is 24.6 Å². The fraction of sp³-hybridized carbons (Fsp3) is 0.458. The standard InChI is InChI=1S/C24H29NO5/c1-29-20-9-4-3-7-17(20)23(27)25-14-13-24(28)12-6-5-8-18(24)22(25)16-10-11-19(26)21(15-16)30-2/h3-4,7,9-11,15,18,22,26,28H,5-6,8,12-14H2,1-2H3/t18-,22+,24-/m1/s1. The zero-order valence-corrected chi connectivity index (χ0v) is 17.5. The predicted octanol–water partition coefficient (Wildman–Crippen LogP) is 3.92. The molecule has 4 rings (SSSR count). The van der Waals surface area contributed by atoms with Gasteiger partial charge >= 0.3 is 0 Å². The van der Waals surface area contributed by atoms with Gasteiger partial charge in [0.05, 0.1) is 31.4 Å². The molecular formula is C24H29NO5. The second-order valence-corrected chi connectivity index (χ2v) is 8.28. The van der Waals surface area contributed by atoms with Crippen molar-refractivity contribution in [1.29, 1.82) is 0 Å². The summed E-state index contributed by atoms with van der Waals surface area (Å²) in [5.41, 5.74) is 0.584. The van der Waals surface area contributed by atoms with Crippen LogP contribution in [-0.4, -0.2) is 47.4 Å². The maximum Gasteiger partial charge on any atom is 0.258 e. The monoisotopic (exact) mass is 411 g/mol. The molecule has 0 aromatic heterocycles. The van der Waals surface area contributed by atoms with E-state index in [1.807, 2.05) is 23.1 Å². The molecular weight excluding hydrogens is 382 g/mol. The lowest BCUT2D eigenvalue weighted by Crippen LogP contribution is -2.56. The molecule has 1 saturated carbocycles. The first kappa shape index (κ1) is 20.5. The average molecular weight is 411 g/mol. The number of piperidine rings is 1. The minimum Gasteiger partial charge on any atom is -0.504 e. The number of fused-ring (bicyclic) bond motifs is 1. The molecule has 3 atom stereocenters. The van der Waals surface area contributed by atoms with Crippen molar-refractivity contribution in [1.82, 2.24) is 4.90 Å². The number of ether oxygens (including phenoxy) is 2. The van der Waals surface area contributed by atoms with Gasteiger partial charge in [0, 0.05) is 12.5 Å². The second-order valence-electron chi connectivity index (χ2n) is 8.28. The summed E-state index contributed by atoms with van der Waals surface area (Å²) in [6.45, 7) is 0.456. The van der Waals surface area contributed by atoms with Gasteiger partial charge in [-0.05, 0) is 49.1 Å². The zero-order chi connectivity index (χ0) is 21.3. The van der Waals surface area contributed by atoms with Crippen molar-refractivity contribution in [2.45, 2.75) is 43.7 Å². The molecule has 160 valence electrons. The smallest absolute Gasteiger partial charge is 0.258 e. The highest BCUT2D eigenvalue weighted by Gasteiger charge is 2.50. The number of likely N-dealkylation sites (tertiary alicyclic amines) is 1. The Morgan fingerprint density at radius 3 is 2.60 bits per heavy atom. The highest BCUT2D eigenvalue weighted by Crippen LogP contribution is 2.50. The Morgan fingerprint density at radius 1 is 1.07 bits per heavy atom. The van der Waals surface area contributed by atoms with E-state index < -0.39 is 5.60 Å². The topological polar surface area (TPSA) is 79.2 Å². The van der Waals surface area contributed by atoms with Crippen molar-refractivity contribution < 1.29 is 24.5 Å². The molecule has 0 spiro atoms. The summed E-state index contributed by atoms with van der Waals surface area (Å²) < 4.78 is 10.7. The van der Waals surface area contributed by atoms with Gasteiger partial charge in [-0.25, -0.2) is 0 Å². The summed E-state index contributed by atoms with van der Waals surface area (Å²) in [6, 6.07) is 12.1. The van der Waals surface area contributed by atoms with Crippen LogP contribution in [0.15, 0.2) is 42.5 Å². The van der Waals surface area contributed by atoms with Crippen molar-refractivity contribution in [2.75, 3.05) is 20.8 Å². The SMILES string of the molecule is COc1cc([C@H]2[C@H]3CCCC[C@@]3(O)CCN2C(=O)c2ccccc2OC)ccc1O. The van der Waals surface area contributed by atoms with Crippen molar-refractivity contribution in [3.63, 3.8) is 0 Å².